The van der Waals surface area contributed by atoms with Crippen molar-refractivity contribution in [3.8, 4) is 11.3 Å². The number of imide groups is 1. The van der Waals surface area contributed by atoms with Crippen LogP contribution in [0.2, 0.25) is 0 Å². The first-order valence-corrected chi connectivity index (χ1v) is 24.9. The minimum atomic E-state index is -1.05. The van der Waals surface area contributed by atoms with Gasteiger partial charge in [-0.15, -0.1) is 0 Å². The summed E-state index contributed by atoms with van der Waals surface area (Å²) in [6.07, 6.45) is 10.0. The molecule has 23 nitrogen and oxygen atoms in total. The molecule has 0 radical (unpaired) electrons. The van der Waals surface area contributed by atoms with E-state index in [1.807, 2.05) is 30.3 Å². The smallest absolute Gasteiger partial charge is 0.407 e. The number of primary amides is 1. The van der Waals surface area contributed by atoms with Gasteiger partial charge in [0.15, 0.2) is 11.5 Å². The van der Waals surface area contributed by atoms with Crippen LogP contribution in [0.3, 0.4) is 0 Å². The standard InChI is InChI=1S/C52H65N13O10/c1-33(2)45(63-42(66)10-4-3-5-25-65-43(67)19-20-44(65)68)49(70)61-38(9-7-22-56-51(54)72)48(69)59-37-17-13-35(14-18-37)32-75-52(73)57-23-6-8-34-11-15-36(16-12-34)39-31-58-47(53)46(60-39)50(71)62-40-30-55-24-21-41(40)64-26-28-74-29-27-64/h11-21,24,30-31,33,38,45H,3-10,22-23,25-29,32H2,1-2H3,(H2,53,58)(H,57,73)(H,59,69)(H,61,70)(H,62,71)(H,63,66)(H3,54,56,72)/t38-,45-/m0/s1. The van der Waals surface area contributed by atoms with Gasteiger partial charge in [-0.05, 0) is 73.8 Å². The van der Waals surface area contributed by atoms with Gasteiger partial charge in [-0.25, -0.2) is 19.6 Å². The monoisotopic (exact) mass is 1030 g/mol. The zero-order valence-corrected chi connectivity index (χ0v) is 42.1. The molecular formula is C52H65N13O10. The molecule has 4 aromatic rings. The van der Waals surface area contributed by atoms with Crippen LogP contribution in [0.4, 0.5) is 32.5 Å². The van der Waals surface area contributed by atoms with Crippen molar-refractivity contribution in [2.45, 2.75) is 83.9 Å². The summed E-state index contributed by atoms with van der Waals surface area (Å²) < 4.78 is 10.9. The lowest BCUT2D eigenvalue weighted by atomic mass is 10.0. The number of hydrogen-bond acceptors (Lipinski definition) is 15. The minimum absolute atomic E-state index is 0.00711. The van der Waals surface area contributed by atoms with Crippen LogP contribution in [-0.4, -0.2) is 125 Å². The largest absolute Gasteiger partial charge is 0.445 e. The number of morpholine rings is 1. The molecule has 10 N–H and O–H groups in total. The third kappa shape index (κ3) is 17.3. The first-order chi connectivity index (χ1) is 36.1. The maximum absolute atomic E-state index is 13.6. The Morgan fingerprint density at radius 1 is 0.787 bits per heavy atom. The maximum atomic E-state index is 13.6. The summed E-state index contributed by atoms with van der Waals surface area (Å²) in [5.74, 6) is -3.02. The summed E-state index contributed by atoms with van der Waals surface area (Å²) in [6, 6.07) is 13.4. The summed E-state index contributed by atoms with van der Waals surface area (Å²) in [6.45, 7) is 6.79. The highest BCUT2D eigenvalue weighted by atomic mass is 16.5. The normalized spacial score (nSPS) is 14.0. The van der Waals surface area contributed by atoms with Gasteiger partial charge in [0.05, 0.1) is 42.7 Å². The maximum Gasteiger partial charge on any atom is 0.407 e. The third-order valence-electron chi connectivity index (χ3n) is 12.2. The van der Waals surface area contributed by atoms with Gasteiger partial charge < -0.3 is 57.7 Å². The van der Waals surface area contributed by atoms with E-state index in [2.05, 4.69) is 51.8 Å². The van der Waals surface area contributed by atoms with Gasteiger partial charge >= 0.3 is 12.1 Å². The molecule has 1 saturated heterocycles. The lowest BCUT2D eigenvalue weighted by molar-refractivity contribution is -0.137. The number of alkyl carbamates (subject to hydrolysis) is 1. The summed E-state index contributed by atoms with van der Waals surface area (Å²) in [5, 5.41) is 16.4. The number of carbonyl (C=O) groups is 8. The number of rotatable bonds is 26. The molecule has 398 valence electrons. The number of ether oxygens (including phenoxy) is 2. The van der Waals surface area contributed by atoms with Crippen molar-refractivity contribution < 1.29 is 47.8 Å². The summed E-state index contributed by atoms with van der Waals surface area (Å²) >= 11 is 0. The third-order valence-corrected chi connectivity index (χ3v) is 12.2. The molecule has 6 rings (SSSR count). The topological polar surface area (TPSA) is 324 Å². The summed E-state index contributed by atoms with van der Waals surface area (Å²) in [4.78, 5) is 117. The molecule has 0 saturated carbocycles. The van der Waals surface area contributed by atoms with Crippen LogP contribution in [0.25, 0.3) is 11.3 Å². The quantitative estimate of drug-likeness (QED) is 0.0329. The molecule has 4 heterocycles. The van der Waals surface area contributed by atoms with E-state index >= 15 is 0 Å². The highest BCUT2D eigenvalue weighted by Gasteiger charge is 2.29. The Bertz CT molecular complexity index is 2660. The van der Waals surface area contributed by atoms with Crippen LogP contribution in [0.1, 0.15) is 80.4 Å². The molecule has 0 unspecified atom stereocenters. The van der Waals surface area contributed by atoms with Crippen molar-refractivity contribution in [1.82, 2.24) is 41.1 Å². The Morgan fingerprint density at radius 3 is 2.20 bits per heavy atom. The predicted molar refractivity (Wildman–Crippen MR) is 279 cm³/mol. The first kappa shape index (κ1) is 55.8. The van der Waals surface area contributed by atoms with E-state index in [0.717, 1.165) is 21.7 Å². The van der Waals surface area contributed by atoms with Gasteiger partial charge in [-0.3, -0.25) is 38.7 Å². The number of aromatic nitrogens is 3. The molecule has 2 atom stereocenters. The number of nitrogens with zero attached hydrogens (tertiary/aromatic N) is 5. The van der Waals surface area contributed by atoms with E-state index in [4.69, 9.17) is 20.9 Å². The van der Waals surface area contributed by atoms with Crippen molar-refractivity contribution >= 4 is 70.4 Å². The molecule has 2 aliphatic heterocycles. The number of aryl methyl sites for hydroxylation is 1. The van der Waals surface area contributed by atoms with Gasteiger partial charge in [0.2, 0.25) is 17.7 Å². The molecule has 2 aromatic carbocycles. The molecule has 0 spiro atoms. The van der Waals surface area contributed by atoms with E-state index in [1.54, 1.807) is 50.5 Å². The average Bonchev–Trinajstić information content (AvgIpc) is 3.72. The second-order valence-electron chi connectivity index (χ2n) is 18.2. The number of anilines is 4. The number of hydrogen-bond donors (Lipinski definition) is 8. The lowest BCUT2D eigenvalue weighted by Crippen LogP contribution is -2.54. The fourth-order valence-electron chi connectivity index (χ4n) is 8.10. The van der Waals surface area contributed by atoms with Crippen LogP contribution >= 0.6 is 0 Å². The van der Waals surface area contributed by atoms with Crippen molar-refractivity contribution in [2.24, 2.45) is 11.7 Å². The Kier molecular flexibility index (Phi) is 20.9. The summed E-state index contributed by atoms with van der Waals surface area (Å²) in [7, 11) is 0. The zero-order chi connectivity index (χ0) is 53.7. The van der Waals surface area contributed by atoms with Gasteiger partial charge in [-0.2, -0.15) is 0 Å². The number of unbranched alkanes of at least 4 members (excludes halogenated alkanes) is 2. The van der Waals surface area contributed by atoms with Crippen LogP contribution < -0.4 is 48.3 Å². The second kappa shape index (κ2) is 28.1. The molecule has 0 aliphatic carbocycles. The minimum Gasteiger partial charge on any atom is -0.445 e. The van der Waals surface area contributed by atoms with Crippen molar-refractivity contribution in [3.63, 3.8) is 0 Å². The first-order valence-electron chi connectivity index (χ1n) is 24.9. The molecule has 9 amide bonds. The van der Waals surface area contributed by atoms with Crippen LogP contribution in [0.5, 0.6) is 0 Å². The number of nitrogen functional groups attached to an aromatic ring is 1. The number of nitrogens with one attached hydrogen (secondary N) is 6. The van der Waals surface area contributed by atoms with E-state index in [9.17, 15) is 38.4 Å². The van der Waals surface area contributed by atoms with Gasteiger partial charge in [0.1, 0.15) is 18.7 Å². The van der Waals surface area contributed by atoms with Crippen LogP contribution in [0, 0.1) is 5.92 Å². The molecule has 2 aromatic heterocycles. The van der Waals surface area contributed by atoms with E-state index in [1.165, 1.54) is 18.3 Å². The second-order valence-corrected chi connectivity index (χ2v) is 18.2. The number of benzene rings is 2. The zero-order valence-electron chi connectivity index (χ0n) is 42.1. The molecule has 0 bridgehead atoms. The molecule has 2 aliphatic rings. The fraction of sp³-hybridized carbons (Fsp3) is 0.404. The highest BCUT2D eigenvalue weighted by molar-refractivity contribution is 6.13. The van der Waals surface area contributed by atoms with Gasteiger partial charge in [0.25, 0.3) is 17.7 Å². The molecular weight excluding hydrogens is 967 g/mol. The Hall–Kier alpha value is -8.47. The SMILES string of the molecule is CC(C)[C@H](NC(=O)CCCCCN1C(=O)C=CC1=O)C(=O)N[C@@H](CCCNC(N)=O)C(=O)Nc1ccc(COC(=O)NCCCc2ccc(-c3cnc(N)c(C(=O)Nc4cnccc4N4CCOCC4)n3)cc2)cc1. The molecule has 23 heteroatoms. The number of pyridine rings is 1. The Balaban J connectivity index is 0.914. The van der Waals surface area contributed by atoms with Crippen LogP contribution in [-0.2, 0) is 46.5 Å². The van der Waals surface area contributed by atoms with E-state index in [0.29, 0.717) is 94.0 Å². The van der Waals surface area contributed by atoms with Crippen LogP contribution in [0.15, 0.2) is 85.3 Å². The predicted octanol–water partition coefficient (Wildman–Crippen LogP) is 3.57. The van der Waals surface area contributed by atoms with Crippen molar-refractivity contribution in [2.75, 3.05) is 67.2 Å². The number of nitrogens with two attached hydrogens (primary N) is 2. The number of amides is 9. The van der Waals surface area contributed by atoms with E-state index in [-0.39, 0.29) is 67.7 Å². The average molecular weight is 1030 g/mol. The van der Waals surface area contributed by atoms with Crippen molar-refractivity contribution in [3.05, 3.63) is 102 Å². The number of urea groups is 1. The molecule has 75 heavy (non-hydrogen) atoms. The van der Waals surface area contributed by atoms with Gasteiger partial charge in [-0.1, -0.05) is 56.7 Å². The summed E-state index contributed by atoms with van der Waals surface area (Å²) in [5.41, 5.74) is 15.9. The van der Waals surface area contributed by atoms with Gasteiger partial charge in [0, 0.05) is 68.7 Å². The molecule has 1 fully saturated rings. The fourth-order valence-corrected chi connectivity index (χ4v) is 8.10. The highest BCUT2D eigenvalue weighted by Crippen LogP contribution is 2.27. The Labute approximate surface area is 434 Å². The lowest BCUT2D eigenvalue weighted by Gasteiger charge is -2.30. The number of carbonyl (C=O) groups excluding carboxylic acids is 8. The van der Waals surface area contributed by atoms with E-state index < -0.39 is 41.9 Å². The van der Waals surface area contributed by atoms with Crippen molar-refractivity contribution in [1.29, 1.82) is 0 Å². The Morgan fingerprint density at radius 2 is 1.49 bits per heavy atom.